The number of rotatable bonds is 9. The lowest BCUT2D eigenvalue weighted by molar-refractivity contribution is -0.115. The van der Waals surface area contributed by atoms with Crippen LogP contribution in [0.3, 0.4) is 0 Å². The number of carbonyl (C=O) groups is 1. The molecule has 0 aliphatic rings. The molecule has 2 rings (SSSR count). The molecule has 1 N–H and O–H groups in total. The molecule has 0 saturated heterocycles. The van der Waals surface area contributed by atoms with E-state index >= 15 is 0 Å². The van der Waals surface area contributed by atoms with E-state index < -0.39 is 10.0 Å². The van der Waals surface area contributed by atoms with Gasteiger partial charge in [-0.2, -0.15) is 4.31 Å². The molecule has 0 fully saturated rings. The second-order valence-corrected chi connectivity index (χ2v) is 8.35. The van der Waals surface area contributed by atoms with Gasteiger partial charge in [0.15, 0.2) is 0 Å². The van der Waals surface area contributed by atoms with Crippen molar-refractivity contribution in [2.75, 3.05) is 25.0 Å². The van der Waals surface area contributed by atoms with Crippen molar-refractivity contribution in [2.45, 2.75) is 32.1 Å². The number of hydrogen-bond donors (Lipinski definition) is 1. The Morgan fingerprint density at radius 1 is 1.07 bits per heavy atom. The van der Waals surface area contributed by atoms with E-state index in [4.69, 9.17) is 16.3 Å². The molecule has 2 aromatic rings. The summed E-state index contributed by atoms with van der Waals surface area (Å²) in [5, 5.41) is 2.85. The van der Waals surface area contributed by atoms with Crippen LogP contribution in [-0.2, 0) is 21.2 Å². The van der Waals surface area contributed by atoms with E-state index in [-0.39, 0.29) is 22.2 Å². The summed E-state index contributed by atoms with van der Waals surface area (Å²) < 4.78 is 32.2. The molecule has 0 heterocycles. The van der Waals surface area contributed by atoms with Crippen molar-refractivity contribution in [3.05, 3.63) is 53.1 Å². The highest BCUT2D eigenvalue weighted by molar-refractivity contribution is 7.89. The number of sulfonamides is 1. The van der Waals surface area contributed by atoms with Gasteiger partial charge in [0.1, 0.15) is 10.6 Å². The van der Waals surface area contributed by atoms with Gasteiger partial charge in [-0.1, -0.05) is 37.6 Å². The number of benzene rings is 2. The number of anilines is 1. The number of ether oxygens (including phenoxy) is 1. The zero-order chi connectivity index (χ0) is 20.7. The van der Waals surface area contributed by atoms with Gasteiger partial charge in [-0.15, -0.1) is 0 Å². The van der Waals surface area contributed by atoms with Crippen LogP contribution in [0.4, 0.5) is 5.69 Å². The molecule has 152 valence electrons. The molecular formula is C20H25ClN2O4S. The van der Waals surface area contributed by atoms with Gasteiger partial charge in [-0.05, 0) is 42.8 Å². The van der Waals surface area contributed by atoms with E-state index in [1.54, 1.807) is 19.9 Å². The van der Waals surface area contributed by atoms with Crippen LogP contribution in [0.5, 0.6) is 5.75 Å². The normalized spacial score (nSPS) is 11.5. The molecule has 0 aliphatic heterocycles. The molecule has 0 aliphatic carbocycles. The van der Waals surface area contributed by atoms with Crippen molar-refractivity contribution in [1.29, 1.82) is 0 Å². The number of nitrogens with one attached hydrogen (secondary N) is 1. The highest BCUT2D eigenvalue weighted by Gasteiger charge is 2.25. The third-order valence-corrected chi connectivity index (χ3v) is 6.67. The minimum atomic E-state index is -3.72. The van der Waals surface area contributed by atoms with Gasteiger partial charge in [0.25, 0.3) is 0 Å². The zero-order valence-corrected chi connectivity index (χ0v) is 17.8. The fraction of sp³-hybridized carbons (Fsp3) is 0.350. The first-order chi connectivity index (χ1) is 13.3. The highest BCUT2D eigenvalue weighted by atomic mass is 35.5. The zero-order valence-electron chi connectivity index (χ0n) is 16.2. The van der Waals surface area contributed by atoms with Crippen molar-refractivity contribution in [2.24, 2.45) is 0 Å². The Bertz CT molecular complexity index is 910. The Labute approximate surface area is 171 Å². The fourth-order valence-corrected chi connectivity index (χ4v) is 4.70. The van der Waals surface area contributed by atoms with E-state index in [1.807, 2.05) is 31.2 Å². The standard InChI is InChI=1S/C20H25ClN2O4S/c1-4-23(5-2)28(25,26)19-14-16(9-12-18(19)21)22-20(24)13-15-7-10-17(11-8-15)27-6-3/h7-12,14H,4-6,13H2,1-3H3,(H,22,24). The summed E-state index contributed by atoms with van der Waals surface area (Å²) in [6.45, 7) is 6.68. The molecule has 0 saturated carbocycles. The summed E-state index contributed by atoms with van der Waals surface area (Å²) in [7, 11) is -3.72. The molecule has 0 spiro atoms. The van der Waals surface area contributed by atoms with Crippen molar-refractivity contribution >= 4 is 33.2 Å². The lowest BCUT2D eigenvalue weighted by atomic mass is 10.1. The van der Waals surface area contributed by atoms with Crippen LogP contribution in [0.25, 0.3) is 0 Å². The van der Waals surface area contributed by atoms with E-state index in [0.29, 0.717) is 25.4 Å². The monoisotopic (exact) mass is 424 g/mol. The van der Waals surface area contributed by atoms with Gasteiger partial charge >= 0.3 is 0 Å². The van der Waals surface area contributed by atoms with Gasteiger partial charge < -0.3 is 10.1 Å². The molecule has 0 unspecified atom stereocenters. The first-order valence-electron chi connectivity index (χ1n) is 9.13. The van der Waals surface area contributed by atoms with E-state index in [1.165, 1.54) is 16.4 Å². The van der Waals surface area contributed by atoms with E-state index in [9.17, 15) is 13.2 Å². The average Bonchev–Trinajstić information content (AvgIpc) is 2.65. The minimum Gasteiger partial charge on any atom is -0.494 e. The summed E-state index contributed by atoms with van der Waals surface area (Å²) >= 11 is 6.12. The summed E-state index contributed by atoms with van der Waals surface area (Å²) in [4.78, 5) is 12.3. The molecule has 0 aromatic heterocycles. The van der Waals surface area contributed by atoms with Crippen molar-refractivity contribution in [3.63, 3.8) is 0 Å². The van der Waals surface area contributed by atoms with Crippen LogP contribution in [0.2, 0.25) is 5.02 Å². The molecule has 6 nitrogen and oxygen atoms in total. The molecule has 0 bridgehead atoms. The lowest BCUT2D eigenvalue weighted by Gasteiger charge is -2.19. The average molecular weight is 425 g/mol. The van der Waals surface area contributed by atoms with E-state index in [2.05, 4.69) is 5.32 Å². The third kappa shape index (κ3) is 5.47. The summed E-state index contributed by atoms with van der Waals surface area (Å²) in [6, 6.07) is 11.7. The Morgan fingerprint density at radius 2 is 1.71 bits per heavy atom. The lowest BCUT2D eigenvalue weighted by Crippen LogP contribution is -2.30. The van der Waals surface area contributed by atoms with Crippen LogP contribution in [0, 0.1) is 0 Å². The fourth-order valence-electron chi connectivity index (χ4n) is 2.74. The van der Waals surface area contributed by atoms with Crippen molar-refractivity contribution in [3.8, 4) is 5.75 Å². The third-order valence-electron chi connectivity index (χ3n) is 4.14. The SMILES string of the molecule is CCOc1ccc(CC(=O)Nc2ccc(Cl)c(S(=O)(=O)N(CC)CC)c2)cc1. The summed E-state index contributed by atoms with van der Waals surface area (Å²) in [5.74, 6) is 0.494. The van der Waals surface area contributed by atoms with Gasteiger partial charge in [0.05, 0.1) is 18.1 Å². The molecule has 0 atom stereocenters. The smallest absolute Gasteiger partial charge is 0.244 e. The second kappa shape index (κ2) is 9.91. The van der Waals surface area contributed by atoms with Crippen molar-refractivity contribution < 1.29 is 17.9 Å². The number of hydrogen-bond acceptors (Lipinski definition) is 4. The number of amides is 1. The predicted octanol–water partition coefficient (Wildman–Crippen LogP) is 3.95. The van der Waals surface area contributed by atoms with Gasteiger partial charge in [-0.3, -0.25) is 4.79 Å². The Kier molecular flexibility index (Phi) is 7.86. The topological polar surface area (TPSA) is 75.7 Å². The summed E-state index contributed by atoms with van der Waals surface area (Å²) in [5.41, 5.74) is 1.21. The van der Waals surface area contributed by atoms with Crippen LogP contribution in [0.15, 0.2) is 47.4 Å². The number of carbonyl (C=O) groups excluding carboxylic acids is 1. The Balaban J connectivity index is 2.15. The van der Waals surface area contributed by atoms with Crippen LogP contribution in [0.1, 0.15) is 26.3 Å². The van der Waals surface area contributed by atoms with Crippen LogP contribution >= 0.6 is 11.6 Å². The number of nitrogens with zero attached hydrogens (tertiary/aromatic N) is 1. The number of halogens is 1. The molecule has 28 heavy (non-hydrogen) atoms. The molecule has 2 aromatic carbocycles. The maximum atomic E-state index is 12.7. The maximum Gasteiger partial charge on any atom is 0.244 e. The first-order valence-corrected chi connectivity index (χ1v) is 10.9. The largest absolute Gasteiger partial charge is 0.494 e. The molecular weight excluding hydrogens is 400 g/mol. The highest BCUT2D eigenvalue weighted by Crippen LogP contribution is 2.28. The van der Waals surface area contributed by atoms with Crippen LogP contribution < -0.4 is 10.1 Å². The predicted molar refractivity (Wildman–Crippen MR) is 112 cm³/mol. The summed E-state index contributed by atoms with van der Waals surface area (Å²) in [6.07, 6.45) is 0.160. The second-order valence-electron chi connectivity index (χ2n) is 6.04. The molecule has 0 radical (unpaired) electrons. The first kappa shape index (κ1) is 22.2. The van der Waals surface area contributed by atoms with Gasteiger partial charge in [0, 0.05) is 18.8 Å². The Hall–Kier alpha value is -2.09. The minimum absolute atomic E-state index is 0.0169. The Morgan fingerprint density at radius 3 is 2.29 bits per heavy atom. The maximum absolute atomic E-state index is 12.7. The molecule has 1 amide bonds. The molecule has 8 heteroatoms. The quantitative estimate of drug-likeness (QED) is 0.661. The van der Waals surface area contributed by atoms with E-state index in [0.717, 1.165) is 11.3 Å². The van der Waals surface area contributed by atoms with Crippen LogP contribution in [-0.4, -0.2) is 38.3 Å². The van der Waals surface area contributed by atoms with Gasteiger partial charge in [0.2, 0.25) is 15.9 Å². The van der Waals surface area contributed by atoms with Crippen molar-refractivity contribution in [1.82, 2.24) is 4.31 Å². The van der Waals surface area contributed by atoms with Gasteiger partial charge in [-0.25, -0.2) is 8.42 Å².